The average molecular weight is 932 g/mol. The van der Waals surface area contributed by atoms with Crippen LogP contribution in [0.15, 0.2) is 48.5 Å². The van der Waals surface area contributed by atoms with E-state index in [9.17, 15) is 29.7 Å². The van der Waals surface area contributed by atoms with Crippen molar-refractivity contribution in [3.8, 4) is 23.0 Å². The van der Waals surface area contributed by atoms with Gasteiger partial charge in [0.1, 0.15) is 36.1 Å². The van der Waals surface area contributed by atoms with Crippen molar-refractivity contribution in [1.82, 2.24) is 4.58 Å². The molecule has 16 heteroatoms. The highest BCUT2D eigenvalue weighted by atomic mass is 16.5. The average Bonchev–Trinajstić information content (AvgIpc) is 3.35. The van der Waals surface area contributed by atoms with E-state index in [4.69, 9.17) is 28.4 Å². The molecule has 0 bridgehead atoms. The normalized spacial score (nSPS) is 18.4. The lowest BCUT2D eigenvalue weighted by Gasteiger charge is -2.39. The number of carbonyl (C=O) groups is 3. The monoisotopic (exact) mass is 931 g/mol. The predicted molar refractivity (Wildman–Crippen MR) is 253 cm³/mol. The summed E-state index contributed by atoms with van der Waals surface area (Å²) in [6.45, 7) is 6.19. The van der Waals surface area contributed by atoms with E-state index in [-0.39, 0.29) is 24.5 Å². The zero-order valence-electron chi connectivity index (χ0n) is 38.4. The summed E-state index contributed by atoms with van der Waals surface area (Å²) in [6, 6.07) is 15.0. The van der Waals surface area contributed by atoms with Gasteiger partial charge in [-0.2, -0.15) is 0 Å². The van der Waals surface area contributed by atoms with Gasteiger partial charge in [-0.3, -0.25) is 0 Å². The Morgan fingerprint density at radius 2 is 1.21 bits per heavy atom. The second-order valence-electron chi connectivity index (χ2n) is 18.2. The molecule has 0 atom stereocenters. The Balaban J connectivity index is 1.07. The number of carboxylic acid groups (broad SMARTS) is 3. The third-order valence-electron chi connectivity index (χ3n) is 13.9. The molecule has 10 rings (SSSR count). The van der Waals surface area contributed by atoms with E-state index in [0.29, 0.717) is 75.3 Å². The standard InChI is InChI=1S/C52H58N4O12/c57-45(58)31-66-43-12-2-1-11-41(43)53-17-21-63-22-19-54(20-24-65-26-25-64-23-18-53)42-29-38(52(61)62)37(30-44(42)67-32-46(59)60)47-39-27-33-7-3-13-55-15-5-9-35(48(33)55)50(39)68-51-36-10-6-16-56-14-4-8-34(49(36)56)28-40(47)51/h1-2,11-12,27-30H,3-10,13-26,31-32H2,(H2-,57,58,59,60,61,62)/p+1. The van der Waals surface area contributed by atoms with Crippen molar-refractivity contribution in [3.05, 3.63) is 98.1 Å². The first-order chi connectivity index (χ1) is 33.2. The van der Waals surface area contributed by atoms with E-state index in [2.05, 4.69) is 21.6 Å². The lowest BCUT2D eigenvalue weighted by atomic mass is 9.81. The van der Waals surface area contributed by atoms with E-state index in [1.54, 1.807) is 24.3 Å². The van der Waals surface area contributed by atoms with E-state index in [0.717, 1.165) is 105 Å². The number of para-hydroxylation sites is 2. The number of hydrogen-bond donors (Lipinski definition) is 3. The van der Waals surface area contributed by atoms with E-state index >= 15 is 0 Å². The molecule has 0 aliphatic carbocycles. The number of carboxylic acids is 3. The molecule has 6 heterocycles. The van der Waals surface area contributed by atoms with Crippen LogP contribution in [0.5, 0.6) is 23.0 Å². The number of rotatable bonds is 10. The van der Waals surface area contributed by atoms with Crippen molar-refractivity contribution in [2.24, 2.45) is 0 Å². The molecule has 4 aromatic rings. The maximum atomic E-state index is 13.9. The molecule has 1 fully saturated rings. The second-order valence-corrected chi connectivity index (χ2v) is 18.2. The quantitative estimate of drug-likeness (QED) is 0.170. The minimum atomic E-state index is -1.16. The summed E-state index contributed by atoms with van der Waals surface area (Å²) in [6.07, 6.45) is 7.57. The fourth-order valence-electron chi connectivity index (χ4n) is 11.1. The summed E-state index contributed by atoms with van der Waals surface area (Å²) in [5.41, 5.74) is 9.31. The molecule has 6 aliphatic rings. The summed E-state index contributed by atoms with van der Waals surface area (Å²) in [7, 11) is 0. The van der Waals surface area contributed by atoms with Crippen LogP contribution in [-0.2, 0) is 49.5 Å². The molecular formula is C52H59N4O12+. The summed E-state index contributed by atoms with van der Waals surface area (Å²) in [4.78, 5) is 43.9. The van der Waals surface area contributed by atoms with Crippen LogP contribution >= 0.6 is 0 Å². The molecule has 0 spiro atoms. The van der Waals surface area contributed by atoms with Gasteiger partial charge in [0.05, 0.1) is 62.1 Å². The van der Waals surface area contributed by atoms with Crippen LogP contribution in [0.3, 0.4) is 0 Å². The van der Waals surface area contributed by atoms with E-state index in [1.165, 1.54) is 33.3 Å². The third-order valence-corrected chi connectivity index (χ3v) is 13.9. The number of ether oxygens (including phenoxy) is 6. The lowest BCUT2D eigenvalue weighted by molar-refractivity contribution is -0.140. The Bertz CT molecular complexity index is 2750. The summed E-state index contributed by atoms with van der Waals surface area (Å²) >= 11 is 0. The maximum Gasteiger partial charge on any atom is 0.341 e. The number of benzene rings is 4. The SMILES string of the molecule is O=C(O)COc1ccccc1N1CCOCCOCCN(c2cc(C(=O)O)c(C3=c4cc5c6c(c4Oc4c3cc3c7c4CCCN7CCC3)CCC[N+]=6CCC5)cc2OCC(=O)O)CCOCC1. The van der Waals surface area contributed by atoms with Gasteiger partial charge in [-0.05, 0) is 80.5 Å². The fourth-order valence-corrected chi connectivity index (χ4v) is 11.1. The molecule has 16 nitrogen and oxygen atoms in total. The van der Waals surface area contributed by atoms with Gasteiger partial charge in [0, 0.05) is 90.8 Å². The number of aryl methyl sites for hydroxylation is 2. The van der Waals surface area contributed by atoms with Crippen LogP contribution < -0.4 is 44.1 Å². The first kappa shape index (κ1) is 45.4. The number of aliphatic carboxylic acids is 2. The maximum absolute atomic E-state index is 13.9. The van der Waals surface area contributed by atoms with Crippen molar-refractivity contribution in [2.75, 3.05) is 120 Å². The Kier molecular flexibility index (Phi) is 13.4. The van der Waals surface area contributed by atoms with Gasteiger partial charge in [-0.25, -0.2) is 19.0 Å². The molecule has 0 unspecified atom stereocenters. The Hall–Kier alpha value is -6.36. The Morgan fingerprint density at radius 3 is 1.91 bits per heavy atom. The highest BCUT2D eigenvalue weighted by molar-refractivity contribution is 6.01. The van der Waals surface area contributed by atoms with E-state index < -0.39 is 31.1 Å². The van der Waals surface area contributed by atoms with Crippen molar-refractivity contribution < 1.29 is 58.1 Å². The van der Waals surface area contributed by atoms with E-state index in [1.807, 2.05) is 21.9 Å². The van der Waals surface area contributed by atoms with Crippen LogP contribution in [-0.4, -0.2) is 138 Å². The third kappa shape index (κ3) is 9.16. The van der Waals surface area contributed by atoms with Crippen LogP contribution in [0, 0.1) is 0 Å². The molecule has 6 aliphatic heterocycles. The number of fused-ring (bicyclic) bond motifs is 4. The highest BCUT2D eigenvalue weighted by Crippen LogP contribution is 2.50. The lowest BCUT2D eigenvalue weighted by Crippen LogP contribution is -2.45. The van der Waals surface area contributed by atoms with Crippen LogP contribution in [0.25, 0.3) is 5.57 Å². The number of hydrogen-bond acceptors (Lipinski definition) is 12. The second kappa shape index (κ2) is 20.1. The van der Waals surface area contributed by atoms with Gasteiger partial charge in [-0.15, -0.1) is 0 Å². The topological polar surface area (TPSA) is 180 Å². The molecule has 0 amide bonds. The van der Waals surface area contributed by atoms with Gasteiger partial charge in [-0.1, -0.05) is 12.1 Å². The van der Waals surface area contributed by atoms with Crippen LogP contribution in [0.4, 0.5) is 17.1 Å². The molecule has 358 valence electrons. The number of aromatic carboxylic acids is 1. The molecule has 0 saturated carbocycles. The molecule has 0 radical (unpaired) electrons. The molecular weight excluding hydrogens is 873 g/mol. The van der Waals surface area contributed by atoms with Crippen molar-refractivity contribution in [1.29, 1.82) is 0 Å². The molecule has 68 heavy (non-hydrogen) atoms. The summed E-state index contributed by atoms with van der Waals surface area (Å²) in [5.74, 6) is -1.13. The molecule has 1 saturated heterocycles. The predicted octanol–water partition coefficient (Wildman–Crippen LogP) is 4.12. The smallest absolute Gasteiger partial charge is 0.341 e. The van der Waals surface area contributed by atoms with Crippen molar-refractivity contribution in [3.63, 3.8) is 0 Å². The molecule has 0 aromatic heterocycles. The van der Waals surface area contributed by atoms with Gasteiger partial charge in [0.25, 0.3) is 0 Å². The summed E-state index contributed by atoms with van der Waals surface area (Å²) < 4.78 is 39.8. The largest absolute Gasteiger partial charge is 0.480 e. The van der Waals surface area contributed by atoms with Crippen molar-refractivity contribution in [2.45, 2.75) is 51.4 Å². The zero-order valence-corrected chi connectivity index (χ0v) is 38.4. The fraction of sp³-hybridized carbons (Fsp3) is 0.462. The van der Waals surface area contributed by atoms with Gasteiger partial charge in [0.15, 0.2) is 13.2 Å². The Labute approximate surface area is 394 Å². The zero-order chi connectivity index (χ0) is 46.7. The number of anilines is 3. The van der Waals surface area contributed by atoms with Crippen LogP contribution in [0.1, 0.15) is 69.4 Å². The van der Waals surface area contributed by atoms with Gasteiger partial charge < -0.3 is 58.4 Å². The first-order valence-corrected chi connectivity index (χ1v) is 24.1. The molecule has 3 N–H and O–H groups in total. The van der Waals surface area contributed by atoms with Crippen LogP contribution in [0.2, 0.25) is 0 Å². The first-order valence-electron chi connectivity index (χ1n) is 24.1. The number of nitrogens with zero attached hydrogens (tertiary/aromatic N) is 4. The van der Waals surface area contributed by atoms with Gasteiger partial charge in [0.2, 0.25) is 5.36 Å². The summed E-state index contributed by atoms with van der Waals surface area (Å²) in [5, 5.41) is 32.7. The minimum absolute atomic E-state index is 0.0583. The minimum Gasteiger partial charge on any atom is -0.480 e. The molecule has 4 aromatic carbocycles. The highest BCUT2D eigenvalue weighted by Gasteiger charge is 2.37. The Morgan fingerprint density at radius 1 is 0.588 bits per heavy atom. The van der Waals surface area contributed by atoms with Crippen molar-refractivity contribution >= 4 is 40.5 Å². The van der Waals surface area contributed by atoms with Gasteiger partial charge >= 0.3 is 17.9 Å².